The summed E-state index contributed by atoms with van der Waals surface area (Å²) in [6.07, 6.45) is 8.97. The molecule has 2 heterocycles. The zero-order valence-corrected chi connectivity index (χ0v) is 25.6. The molecule has 0 saturated carbocycles. The molecule has 1 amide bonds. The Morgan fingerprint density at radius 1 is 1.18 bits per heavy atom. The Balaban J connectivity index is 1.79. The number of anilines is 1. The molecule has 2 aromatic carbocycles. The third-order valence-corrected chi connectivity index (χ3v) is 9.45. The summed E-state index contributed by atoms with van der Waals surface area (Å²) in [5.41, 5.74) is 2.05. The van der Waals surface area contributed by atoms with Crippen LogP contribution in [0.5, 0.6) is 5.75 Å². The van der Waals surface area contributed by atoms with Crippen LogP contribution in [0.25, 0.3) is 0 Å². The van der Waals surface area contributed by atoms with Gasteiger partial charge in [-0.1, -0.05) is 56.5 Å². The Labute approximate surface area is 244 Å². The van der Waals surface area contributed by atoms with Crippen molar-refractivity contribution in [3.63, 3.8) is 0 Å². The molecule has 0 spiro atoms. The summed E-state index contributed by atoms with van der Waals surface area (Å²) in [6.45, 7) is 9.92. The minimum absolute atomic E-state index is 0.117. The molecular formula is C31H42ClN3O4S. The number of hydrogen-bond acceptors (Lipinski definition) is 5. The molecule has 0 fully saturated rings. The van der Waals surface area contributed by atoms with Gasteiger partial charge in [-0.25, -0.2) is 9.35 Å². The highest BCUT2D eigenvalue weighted by Gasteiger charge is 2.31. The van der Waals surface area contributed by atoms with Gasteiger partial charge in [0.15, 0.2) is 0 Å². The first-order valence-electron chi connectivity index (χ1n) is 14.2. The fourth-order valence-electron chi connectivity index (χ4n) is 5.30. The molecule has 4 rings (SSSR count). The van der Waals surface area contributed by atoms with Crippen molar-refractivity contribution in [1.82, 2.24) is 0 Å². The Hall–Kier alpha value is -2.39. The molecule has 0 aromatic heterocycles. The first kappa shape index (κ1) is 30.6. The van der Waals surface area contributed by atoms with Crippen LogP contribution in [0.3, 0.4) is 0 Å². The van der Waals surface area contributed by atoms with Crippen molar-refractivity contribution in [3.8, 4) is 5.75 Å². The summed E-state index contributed by atoms with van der Waals surface area (Å²) in [7, 11) is -3.51. The van der Waals surface area contributed by atoms with Gasteiger partial charge in [0.1, 0.15) is 21.3 Å². The first-order chi connectivity index (χ1) is 19.0. The highest BCUT2D eigenvalue weighted by atomic mass is 35.5. The standard InChI is InChI=1S/C31H42ClN3O4S/c1-5-9-23-18-25(32)11-13-27(23)24-20-35-16-15-22(6-2)10-7-8-17-39-31(3,4)30(36)34-40(33,37)26-12-14-29(38-21-24)28(35)19-26/h7-8,11-14,18-19,22,24H,5-6,9-10,15-17,20-21H2,1-4H3,(H2,33,34,36,37)/b8-7+. The summed E-state index contributed by atoms with van der Waals surface area (Å²) in [5, 5.41) is 6.96. The summed E-state index contributed by atoms with van der Waals surface area (Å²) >= 11 is 6.37. The Kier molecular flexibility index (Phi) is 9.98. The first-order valence-corrected chi connectivity index (χ1v) is 16.2. The van der Waals surface area contributed by atoms with Crippen LogP contribution < -0.4 is 14.8 Å². The average molecular weight is 588 g/mol. The fraction of sp³-hybridized carbons (Fsp3) is 0.516. The quantitative estimate of drug-likeness (QED) is 0.403. The number of nitrogens with two attached hydrogens (primary N) is 1. The van der Waals surface area contributed by atoms with Crippen LogP contribution in [0, 0.1) is 5.92 Å². The molecule has 2 aromatic rings. The number of fused-ring (bicyclic) bond motifs is 1. The third kappa shape index (κ3) is 7.27. The smallest absolute Gasteiger partial charge is 0.286 e. The lowest BCUT2D eigenvalue weighted by molar-refractivity contribution is -0.137. The van der Waals surface area contributed by atoms with Gasteiger partial charge < -0.3 is 14.4 Å². The second kappa shape index (κ2) is 13.1. The molecule has 0 aliphatic carbocycles. The van der Waals surface area contributed by atoms with Crippen LogP contribution in [0.1, 0.15) is 70.4 Å². The largest absolute Gasteiger partial charge is 0.491 e. The van der Waals surface area contributed by atoms with E-state index in [0.29, 0.717) is 23.2 Å². The molecule has 3 unspecified atom stereocenters. The Morgan fingerprint density at radius 3 is 2.73 bits per heavy atom. The fourth-order valence-corrected chi connectivity index (χ4v) is 6.61. The second-order valence-corrected chi connectivity index (χ2v) is 13.5. The number of amides is 1. The van der Waals surface area contributed by atoms with E-state index >= 15 is 0 Å². The molecule has 218 valence electrons. The van der Waals surface area contributed by atoms with E-state index in [2.05, 4.69) is 41.3 Å². The van der Waals surface area contributed by atoms with Crippen LogP contribution in [0.15, 0.2) is 57.8 Å². The molecule has 40 heavy (non-hydrogen) atoms. The summed E-state index contributed by atoms with van der Waals surface area (Å²) in [5.74, 6) is 0.650. The number of ether oxygens (including phenoxy) is 2. The number of carbonyl (C=O) groups is 1. The monoisotopic (exact) mass is 587 g/mol. The van der Waals surface area contributed by atoms with E-state index in [-0.39, 0.29) is 12.5 Å². The SMILES string of the molecule is CCCc1cc(Cl)ccc1C1COc2ccc3cc2N(CCC(CC)C/C=C/COC(C)(C)C(=O)N=S3(N)=O)C1. The maximum absolute atomic E-state index is 13.6. The van der Waals surface area contributed by atoms with E-state index in [4.69, 9.17) is 26.2 Å². The van der Waals surface area contributed by atoms with E-state index in [9.17, 15) is 9.00 Å². The molecule has 7 nitrogen and oxygen atoms in total. The maximum atomic E-state index is 13.6. The molecule has 0 saturated heterocycles. The van der Waals surface area contributed by atoms with Crippen molar-refractivity contribution in [1.29, 1.82) is 0 Å². The van der Waals surface area contributed by atoms with Gasteiger partial charge in [0.25, 0.3) is 5.91 Å². The van der Waals surface area contributed by atoms with Gasteiger partial charge in [0.05, 0.1) is 23.8 Å². The lowest BCUT2D eigenvalue weighted by atomic mass is 9.91. The minimum atomic E-state index is -3.51. The minimum Gasteiger partial charge on any atom is -0.491 e. The van der Waals surface area contributed by atoms with Crippen molar-refractivity contribution in [2.75, 3.05) is 31.2 Å². The molecule has 0 radical (unpaired) electrons. The van der Waals surface area contributed by atoms with E-state index in [1.165, 1.54) is 11.1 Å². The van der Waals surface area contributed by atoms with Crippen LogP contribution in [-0.2, 0) is 25.9 Å². The highest BCUT2D eigenvalue weighted by molar-refractivity contribution is 7.91. The van der Waals surface area contributed by atoms with Crippen LogP contribution in [-0.4, -0.2) is 42.0 Å². The van der Waals surface area contributed by atoms with Gasteiger partial charge in [-0.15, -0.1) is 4.36 Å². The molecule has 3 atom stereocenters. The summed E-state index contributed by atoms with van der Waals surface area (Å²) < 4.78 is 29.7. The molecule has 2 bridgehead atoms. The maximum Gasteiger partial charge on any atom is 0.286 e. The molecule has 2 aliphatic rings. The number of benzene rings is 2. The number of rotatable bonds is 4. The van der Waals surface area contributed by atoms with Gasteiger partial charge in [-0.3, -0.25) is 4.79 Å². The second-order valence-electron chi connectivity index (χ2n) is 11.2. The van der Waals surface area contributed by atoms with Gasteiger partial charge >= 0.3 is 0 Å². The number of allylic oxidation sites excluding steroid dienone is 1. The predicted molar refractivity (Wildman–Crippen MR) is 163 cm³/mol. The van der Waals surface area contributed by atoms with E-state index in [1.54, 1.807) is 32.0 Å². The van der Waals surface area contributed by atoms with Crippen molar-refractivity contribution in [2.24, 2.45) is 15.4 Å². The van der Waals surface area contributed by atoms with Crippen molar-refractivity contribution >= 4 is 33.1 Å². The number of hydrogen-bond donors (Lipinski definition) is 1. The Bertz CT molecular complexity index is 1370. The topological polar surface area (TPSA) is 94.2 Å². The van der Waals surface area contributed by atoms with E-state index in [1.807, 2.05) is 12.1 Å². The van der Waals surface area contributed by atoms with Gasteiger partial charge in [-0.05, 0) is 80.5 Å². The molecular weight excluding hydrogens is 546 g/mol. The Morgan fingerprint density at radius 2 is 1.98 bits per heavy atom. The highest BCUT2D eigenvalue weighted by Crippen LogP contribution is 2.38. The van der Waals surface area contributed by atoms with Crippen LogP contribution in [0.4, 0.5) is 5.69 Å². The zero-order chi connectivity index (χ0) is 28.9. The summed E-state index contributed by atoms with van der Waals surface area (Å²) in [6, 6.07) is 11.4. The van der Waals surface area contributed by atoms with Crippen molar-refractivity contribution in [2.45, 2.75) is 76.2 Å². The number of nitrogens with zero attached hydrogens (tertiary/aromatic N) is 2. The van der Waals surface area contributed by atoms with Gasteiger partial charge in [0, 0.05) is 24.0 Å². The number of carbonyl (C=O) groups excluding carboxylic acids is 1. The van der Waals surface area contributed by atoms with Gasteiger partial charge in [0.2, 0.25) is 0 Å². The number of halogens is 1. The third-order valence-electron chi connectivity index (χ3n) is 7.85. The lowest BCUT2D eigenvalue weighted by Crippen LogP contribution is -2.35. The predicted octanol–water partition coefficient (Wildman–Crippen LogP) is 6.67. The normalized spacial score (nSPS) is 26.4. The van der Waals surface area contributed by atoms with Crippen molar-refractivity contribution in [3.05, 3.63) is 64.7 Å². The van der Waals surface area contributed by atoms with Crippen molar-refractivity contribution < 1.29 is 18.5 Å². The van der Waals surface area contributed by atoms with Crippen LogP contribution in [0.2, 0.25) is 5.02 Å². The zero-order valence-electron chi connectivity index (χ0n) is 24.0. The van der Waals surface area contributed by atoms with Crippen LogP contribution >= 0.6 is 11.6 Å². The summed E-state index contributed by atoms with van der Waals surface area (Å²) in [4.78, 5) is 15.6. The molecule has 2 aliphatic heterocycles. The van der Waals surface area contributed by atoms with E-state index < -0.39 is 21.4 Å². The van der Waals surface area contributed by atoms with Gasteiger partial charge in [-0.2, -0.15) is 0 Å². The molecule has 2 N–H and O–H groups in total. The molecule has 9 heteroatoms. The number of aryl methyl sites for hydroxylation is 1. The van der Waals surface area contributed by atoms with E-state index in [0.717, 1.165) is 55.9 Å². The average Bonchev–Trinajstić information content (AvgIpc) is 3.09. The lowest BCUT2D eigenvalue weighted by Gasteiger charge is -2.29.